The van der Waals surface area contributed by atoms with Crippen LogP contribution in [0.4, 0.5) is 0 Å². The van der Waals surface area contributed by atoms with E-state index in [0.717, 1.165) is 19.8 Å². The molecule has 2 heterocycles. The van der Waals surface area contributed by atoms with Gasteiger partial charge in [0.25, 0.3) is 0 Å². The summed E-state index contributed by atoms with van der Waals surface area (Å²) >= 11 is 6.91. The van der Waals surface area contributed by atoms with Gasteiger partial charge in [0.05, 0.1) is 5.52 Å². The van der Waals surface area contributed by atoms with Crippen molar-refractivity contribution in [1.29, 1.82) is 0 Å². The van der Waals surface area contributed by atoms with Gasteiger partial charge in [0.15, 0.2) is 0 Å². The van der Waals surface area contributed by atoms with Gasteiger partial charge in [-0.2, -0.15) is 0 Å². The van der Waals surface area contributed by atoms with Crippen molar-refractivity contribution in [3.05, 3.63) is 75.9 Å². The second-order valence-electron chi connectivity index (χ2n) is 4.49. The number of hydrogen-bond acceptors (Lipinski definition) is 1. The minimum atomic E-state index is 1.03. The lowest BCUT2D eigenvalue weighted by Crippen LogP contribution is -1.76. The van der Waals surface area contributed by atoms with E-state index in [1.165, 1.54) is 10.9 Å². The Kier molecular flexibility index (Phi) is 4.36. The van der Waals surface area contributed by atoms with E-state index in [1.54, 1.807) is 6.20 Å². The number of hydrogen-bond donors (Lipinski definition) is 1. The zero-order chi connectivity index (χ0) is 14.7. The number of nitrogens with zero attached hydrogens (tertiary/aromatic N) is 1. The van der Waals surface area contributed by atoms with Crippen LogP contribution in [0.5, 0.6) is 0 Å². The third kappa shape index (κ3) is 3.17. The van der Waals surface area contributed by atoms with Crippen LogP contribution in [0.2, 0.25) is 0 Å². The number of aromatic nitrogens is 2. The molecule has 0 aliphatic carbocycles. The predicted octanol–water partition coefficient (Wildman–Crippen LogP) is 5.93. The Morgan fingerprint density at radius 2 is 1.52 bits per heavy atom. The van der Waals surface area contributed by atoms with Gasteiger partial charge in [-0.25, -0.2) is 0 Å². The SMILES string of the molecule is Brc1cccc2[nH]ccc12.Brc1cccc2ncccc12. The number of halogens is 2. The molecule has 4 heteroatoms. The molecule has 0 bridgehead atoms. The van der Waals surface area contributed by atoms with E-state index in [9.17, 15) is 0 Å². The van der Waals surface area contributed by atoms with Crippen molar-refractivity contribution < 1.29 is 0 Å². The molecular weight excluding hydrogens is 392 g/mol. The van der Waals surface area contributed by atoms with Gasteiger partial charge in [-0.3, -0.25) is 4.98 Å². The second-order valence-corrected chi connectivity index (χ2v) is 6.20. The van der Waals surface area contributed by atoms with Crippen LogP contribution in [0.15, 0.2) is 75.9 Å². The number of fused-ring (bicyclic) bond motifs is 2. The molecule has 0 saturated heterocycles. The van der Waals surface area contributed by atoms with Gasteiger partial charge in [0.2, 0.25) is 0 Å². The Labute approximate surface area is 139 Å². The average molecular weight is 404 g/mol. The van der Waals surface area contributed by atoms with Crippen LogP contribution in [0, 0.1) is 0 Å². The second kappa shape index (κ2) is 6.41. The third-order valence-corrected chi connectivity index (χ3v) is 4.52. The zero-order valence-electron chi connectivity index (χ0n) is 11.1. The molecule has 2 aromatic heterocycles. The Balaban J connectivity index is 0.000000126. The molecule has 2 nitrogen and oxygen atoms in total. The molecule has 0 saturated carbocycles. The summed E-state index contributed by atoms with van der Waals surface area (Å²) in [6.07, 6.45) is 3.74. The highest BCUT2D eigenvalue weighted by Crippen LogP contribution is 2.22. The first-order valence-electron chi connectivity index (χ1n) is 6.46. The minimum Gasteiger partial charge on any atom is -0.361 e. The highest BCUT2D eigenvalue weighted by Gasteiger charge is 1.95. The van der Waals surface area contributed by atoms with Crippen molar-refractivity contribution in [2.45, 2.75) is 0 Å². The first-order valence-corrected chi connectivity index (χ1v) is 8.05. The maximum atomic E-state index is 4.21. The van der Waals surface area contributed by atoms with Crippen LogP contribution in [0.1, 0.15) is 0 Å². The minimum absolute atomic E-state index is 1.03. The molecule has 4 rings (SSSR count). The van der Waals surface area contributed by atoms with Crippen LogP contribution in [0.3, 0.4) is 0 Å². The van der Waals surface area contributed by atoms with Crippen molar-refractivity contribution in [3.8, 4) is 0 Å². The smallest absolute Gasteiger partial charge is 0.0713 e. The normalized spacial score (nSPS) is 10.4. The molecule has 0 amide bonds. The van der Waals surface area contributed by atoms with Crippen LogP contribution in [0.25, 0.3) is 21.8 Å². The van der Waals surface area contributed by atoms with Gasteiger partial charge in [0.1, 0.15) is 0 Å². The Bertz CT molecular complexity index is 879. The molecular formula is C17H12Br2N2. The number of aromatic amines is 1. The summed E-state index contributed by atoms with van der Waals surface area (Å²) in [5.41, 5.74) is 2.20. The number of pyridine rings is 1. The fourth-order valence-electron chi connectivity index (χ4n) is 2.11. The molecule has 0 atom stereocenters. The lowest BCUT2D eigenvalue weighted by atomic mass is 10.2. The largest absolute Gasteiger partial charge is 0.361 e. The van der Waals surface area contributed by atoms with Crippen LogP contribution >= 0.6 is 31.9 Å². The highest BCUT2D eigenvalue weighted by atomic mass is 79.9. The summed E-state index contributed by atoms with van der Waals surface area (Å²) in [5, 5.41) is 2.40. The quantitative estimate of drug-likeness (QED) is 0.387. The molecule has 0 radical (unpaired) electrons. The maximum absolute atomic E-state index is 4.21. The summed E-state index contributed by atoms with van der Waals surface area (Å²) in [6, 6.07) is 18.2. The first kappa shape index (κ1) is 14.3. The van der Waals surface area contributed by atoms with E-state index >= 15 is 0 Å². The van der Waals surface area contributed by atoms with Crippen LogP contribution < -0.4 is 0 Å². The van der Waals surface area contributed by atoms with Gasteiger partial charge in [-0.1, -0.05) is 50.1 Å². The molecule has 2 aromatic carbocycles. The van der Waals surface area contributed by atoms with Crippen molar-refractivity contribution in [2.24, 2.45) is 0 Å². The van der Waals surface area contributed by atoms with Crippen molar-refractivity contribution in [3.63, 3.8) is 0 Å². The van der Waals surface area contributed by atoms with Gasteiger partial charge >= 0.3 is 0 Å². The molecule has 0 fully saturated rings. The number of nitrogens with one attached hydrogen (secondary N) is 1. The fraction of sp³-hybridized carbons (Fsp3) is 0. The van der Waals surface area contributed by atoms with E-state index in [-0.39, 0.29) is 0 Å². The topological polar surface area (TPSA) is 28.7 Å². The van der Waals surface area contributed by atoms with Gasteiger partial charge in [-0.05, 0) is 36.4 Å². The molecule has 104 valence electrons. The van der Waals surface area contributed by atoms with Gasteiger partial charge < -0.3 is 4.98 Å². The zero-order valence-corrected chi connectivity index (χ0v) is 14.2. The lowest BCUT2D eigenvalue weighted by molar-refractivity contribution is 1.41. The number of rotatable bonds is 0. The molecule has 21 heavy (non-hydrogen) atoms. The van der Waals surface area contributed by atoms with Gasteiger partial charge in [-0.15, -0.1) is 0 Å². The summed E-state index contributed by atoms with van der Waals surface area (Å²) in [4.78, 5) is 7.34. The average Bonchev–Trinajstić information content (AvgIpc) is 2.99. The van der Waals surface area contributed by atoms with Crippen molar-refractivity contribution in [1.82, 2.24) is 9.97 Å². The Morgan fingerprint density at radius 3 is 2.29 bits per heavy atom. The summed E-state index contributed by atoms with van der Waals surface area (Å²) < 4.78 is 2.24. The molecule has 0 aliphatic rings. The predicted molar refractivity (Wildman–Crippen MR) is 95.4 cm³/mol. The lowest BCUT2D eigenvalue weighted by Gasteiger charge is -1.96. The molecule has 4 aromatic rings. The van der Waals surface area contributed by atoms with Crippen LogP contribution in [-0.2, 0) is 0 Å². The van der Waals surface area contributed by atoms with E-state index in [0.29, 0.717) is 0 Å². The van der Waals surface area contributed by atoms with E-state index in [4.69, 9.17) is 0 Å². The van der Waals surface area contributed by atoms with E-state index in [1.807, 2.05) is 48.7 Å². The standard InChI is InChI=1S/C9H6BrN.C8H6BrN/c10-8-4-1-5-9-7(8)3-2-6-11-9;9-7-2-1-3-8-6(7)4-5-10-8/h1-6H;1-5,10H. The van der Waals surface area contributed by atoms with Crippen LogP contribution in [-0.4, -0.2) is 9.97 Å². The number of H-pyrrole nitrogens is 1. The summed E-state index contributed by atoms with van der Waals surface area (Å²) in [5.74, 6) is 0. The Morgan fingerprint density at radius 1 is 0.762 bits per heavy atom. The third-order valence-electron chi connectivity index (χ3n) is 3.13. The van der Waals surface area contributed by atoms with Crippen molar-refractivity contribution in [2.75, 3.05) is 0 Å². The molecule has 0 aliphatic heterocycles. The maximum Gasteiger partial charge on any atom is 0.0713 e. The summed E-state index contributed by atoms with van der Waals surface area (Å²) in [7, 11) is 0. The van der Waals surface area contributed by atoms with Gasteiger partial charge in [0, 0.05) is 37.6 Å². The molecule has 1 N–H and O–H groups in total. The van der Waals surface area contributed by atoms with E-state index < -0.39 is 0 Å². The fourth-order valence-corrected chi connectivity index (χ4v) is 3.10. The van der Waals surface area contributed by atoms with E-state index in [2.05, 4.69) is 54.0 Å². The number of benzene rings is 2. The van der Waals surface area contributed by atoms with Crippen molar-refractivity contribution >= 4 is 53.7 Å². The monoisotopic (exact) mass is 402 g/mol. The summed E-state index contributed by atoms with van der Waals surface area (Å²) in [6.45, 7) is 0. The Hall–Kier alpha value is -1.65. The first-order chi connectivity index (χ1) is 10.3. The molecule has 0 unspecified atom stereocenters. The highest BCUT2D eigenvalue weighted by molar-refractivity contribution is 9.11. The molecule has 0 spiro atoms.